The van der Waals surface area contributed by atoms with E-state index in [2.05, 4.69) is 0 Å². The first kappa shape index (κ1) is 10.7. The van der Waals surface area contributed by atoms with Crippen LogP contribution < -0.4 is 0 Å². The average Bonchev–Trinajstić information content (AvgIpc) is 2.22. The predicted molar refractivity (Wildman–Crippen MR) is 60.9 cm³/mol. The van der Waals surface area contributed by atoms with Gasteiger partial charge in [-0.1, -0.05) is 11.6 Å². The van der Waals surface area contributed by atoms with Crippen LogP contribution in [0, 0.1) is 0 Å². The maximum absolute atomic E-state index is 11.3. The Hall–Kier alpha value is -1.77. The Morgan fingerprint density at radius 3 is 2.62 bits per heavy atom. The van der Waals surface area contributed by atoms with Gasteiger partial charge < -0.3 is 10.2 Å². The van der Waals surface area contributed by atoms with Gasteiger partial charge in [-0.2, -0.15) is 0 Å². The van der Waals surface area contributed by atoms with E-state index < -0.39 is 0 Å². The van der Waals surface area contributed by atoms with Crippen LogP contribution in [0.15, 0.2) is 17.7 Å². The van der Waals surface area contributed by atoms with Crippen LogP contribution in [0.2, 0.25) is 0 Å². The van der Waals surface area contributed by atoms with Crippen molar-refractivity contribution in [1.29, 1.82) is 0 Å². The van der Waals surface area contributed by atoms with Crippen LogP contribution in [0.3, 0.4) is 0 Å². The zero-order valence-corrected chi connectivity index (χ0v) is 9.37. The Morgan fingerprint density at radius 2 is 2.00 bits per heavy atom. The summed E-state index contributed by atoms with van der Waals surface area (Å²) in [5.74, 6) is -0.114. The Labute approximate surface area is 94.0 Å². The minimum Gasteiger partial charge on any atom is -0.508 e. The summed E-state index contributed by atoms with van der Waals surface area (Å²) in [6, 6.07) is 1.36. The first-order valence-corrected chi connectivity index (χ1v) is 5.24. The van der Waals surface area contributed by atoms with E-state index in [0.717, 1.165) is 11.1 Å². The maximum Gasteiger partial charge on any atom is 0.163 e. The molecule has 0 unspecified atom stereocenters. The molecule has 16 heavy (non-hydrogen) atoms. The van der Waals surface area contributed by atoms with Crippen molar-refractivity contribution in [1.82, 2.24) is 0 Å². The number of fused-ring (bicyclic) bond motifs is 1. The zero-order chi connectivity index (χ0) is 11.9. The van der Waals surface area contributed by atoms with Crippen LogP contribution in [0.4, 0.5) is 0 Å². The molecule has 3 heteroatoms. The predicted octanol–water partition coefficient (Wildman–Crippen LogP) is 2.35. The van der Waals surface area contributed by atoms with Gasteiger partial charge in [0.2, 0.25) is 0 Å². The monoisotopic (exact) mass is 218 g/mol. The number of carbonyl (C=O) groups is 1. The lowest BCUT2D eigenvalue weighted by Gasteiger charge is -2.19. The molecule has 0 amide bonds. The second-order valence-electron chi connectivity index (χ2n) is 4.24. The van der Waals surface area contributed by atoms with Crippen LogP contribution >= 0.6 is 0 Å². The lowest BCUT2D eigenvalue weighted by Crippen LogP contribution is -2.05. The molecule has 84 valence electrons. The fourth-order valence-corrected chi connectivity index (χ4v) is 2.07. The van der Waals surface area contributed by atoms with Crippen molar-refractivity contribution in [2.45, 2.75) is 26.7 Å². The van der Waals surface area contributed by atoms with E-state index in [4.69, 9.17) is 0 Å². The van der Waals surface area contributed by atoms with E-state index in [1.54, 1.807) is 0 Å². The van der Waals surface area contributed by atoms with Crippen molar-refractivity contribution in [2.24, 2.45) is 0 Å². The van der Waals surface area contributed by atoms with Crippen LogP contribution in [0.1, 0.15) is 35.3 Å². The molecule has 0 spiro atoms. The number of Topliss-reactive ketones (excluding diaryl/α,β-unsaturated/α-hetero) is 1. The summed E-state index contributed by atoms with van der Waals surface area (Å²) in [6.45, 7) is 3.36. The van der Waals surface area contributed by atoms with E-state index >= 15 is 0 Å². The fourth-order valence-electron chi connectivity index (χ4n) is 2.07. The molecule has 1 aliphatic rings. The third kappa shape index (κ3) is 1.58. The van der Waals surface area contributed by atoms with Crippen LogP contribution in [0.5, 0.6) is 11.5 Å². The highest BCUT2D eigenvalue weighted by Crippen LogP contribution is 2.37. The molecule has 0 aliphatic heterocycles. The number of rotatable bonds is 1. The van der Waals surface area contributed by atoms with Crippen LogP contribution in [-0.2, 0) is 12.8 Å². The minimum absolute atomic E-state index is 0.0176. The fraction of sp³-hybridized carbons (Fsp3) is 0.308. The number of hydrogen-bond acceptors (Lipinski definition) is 3. The Bertz CT molecular complexity index is 498. The molecule has 0 bridgehead atoms. The van der Waals surface area contributed by atoms with E-state index in [-0.39, 0.29) is 22.8 Å². The van der Waals surface area contributed by atoms with Crippen molar-refractivity contribution in [3.63, 3.8) is 0 Å². The summed E-state index contributed by atoms with van der Waals surface area (Å²) >= 11 is 0. The van der Waals surface area contributed by atoms with E-state index in [9.17, 15) is 15.0 Å². The van der Waals surface area contributed by atoms with Crippen LogP contribution in [-0.4, -0.2) is 16.0 Å². The highest BCUT2D eigenvalue weighted by Gasteiger charge is 2.21. The molecule has 0 aromatic heterocycles. The lowest BCUT2D eigenvalue weighted by molar-refractivity contribution is 0.101. The summed E-state index contributed by atoms with van der Waals surface area (Å²) < 4.78 is 0. The number of benzene rings is 1. The van der Waals surface area contributed by atoms with E-state index in [0.29, 0.717) is 18.4 Å². The van der Waals surface area contributed by atoms with Gasteiger partial charge in [-0.3, -0.25) is 4.79 Å². The normalized spacial score (nSPS) is 14.2. The van der Waals surface area contributed by atoms with Gasteiger partial charge in [-0.15, -0.1) is 0 Å². The molecule has 0 saturated heterocycles. The van der Waals surface area contributed by atoms with Gasteiger partial charge in [0.15, 0.2) is 5.78 Å². The number of carbonyl (C=O) groups excluding carboxylic acids is 1. The second kappa shape index (κ2) is 3.67. The number of ketones is 1. The van der Waals surface area contributed by atoms with Gasteiger partial charge in [0.25, 0.3) is 0 Å². The number of aromatic hydroxyl groups is 2. The molecule has 3 nitrogen and oxygen atoms in total. The van der Waals surface area contributed by atoms with Crippen molar-refractivity contribution in [2.75, 3.05) is 0 Å². The van der Waals surface area contributed by atoms with Crippen LogP contribution in [0.25, 0.3) is 0 Å². The summed E-state index contributed by atoms with van der Waals surface area (Å²) in [5, 5.41) is 19.8. The third-order valence-electron chi connectivity index (χ3n) is 2.99. The standard InChI is InChI=1S/C13H14O3/c1-7-3-4-9-11(5-7)12(15)6-10(8(2)14)13(9)16/h3,6,15-16H,4-5H2,1-2H3. The summed E-state index contributed by atoms with van der Waals surface area (Å²) in [7, 11) is 0. The smallest absolute Gasteiger partial charge is 0.163 e. The zero-order valence-electron chi connectivity index (χ0n) is 9.37. The number of phenols is 2. The third-order valence-corrected chi connectivity index (χ3v) is 2.99. The molecular formula is C13H14O3. The van der Waals surface area contributed by atoms with Gasteiger partial charge in [-0.25, -0.2) is 0 Å². The molecule has 0 radical (unpaired) electrons. The number of allylic oxidation sites excluding steroid dienone is 2. The summed E-state index contributed by atoms with van der Waals surface area (Å²) in [6.07, 6.45) is 3.21. The van der Waals surface area contributed by atoms with E-state index in [1.165, 1.54) is 13.0 Å². The highest BCUT2D eigenvalue weighted by molar-refractivity contribution is 5.98. The van der Waals surface area contributed by atoms with Crippen molar-refractivity contribution in [3.05, 3.63) is 34.4 Å². The average molecular weight is 218 g/mol. The lowest BCUT2D eigenvalue weighted by atomic mass is 9.88. The molecular weight excluding hydrogens is 204 g/mol. The molecule has 1 aromatic carbocycles. The second-order valence-corrected chi connectivity index (χ2v) is 4.24. The Morgan fingerprint density at radius 1 is 1.31 bits per heavy atom. The number of hydrogen-bond donors (Lipinski definition) is 2. The van der Waals surface area contributed by atoms with Gasteiger partial charge in [0.05, 0.1) is 5.56 Å². The molecule has 0 saturated carbocycles. The Kier molecular flexibility index (Phi) is 2.46. The first-order chi connectivity index (χ1) is 7.50. The van der Waals surface area contributed by atoms with E-state index in [1.807, 2.05) is 13.0 Å². The van der Waals surface area contributed by atoms with Gasteiger partial charge in [0.1, 0.15) is 11.5 Å². The summed E-state index contributed by atoms with van der Waals surface area (Å²) in [4.78, 5) is 11.3. The van der Waals surface area contributed by atoms with Gasteiger partial charge in [0, 0.05) is 11.1 Å². The highest BCUT2D eigenvalue weighted by atomic mass is 16.3. The quantitative estimate of drug-likeness (QED) is 0.432. The topological polar surface area (TPSA) is 57.5 Å². The van der Waals surface area contributed by atoms with Crippen molar-refractivity contribution >= 4 is 5.78 Å². The van der Waals surface area contributed by atoms with Crippen molar-refractivity contribution in [3.8, 4) is 11.5 Å². The molecule has 0 heterocycles. The molecule has 0 atom stereocenters. The first-order valence-electron chi connectivity index (χ1n) is 5.24. The Balaban J connectivity index is 2.64. The molecule has 1 aromatic rings. The SMILES string of the molecule is CC(=O)c1cc(O)c2c(c1O)CC=C(C)C2. The van der Waals surface area contributed by atoms with Gasteiger partial charge >= 0.3 is 0 Å². The van der Waals surface area contributed by atoms with Gasteiger partial charge in [-0.05, 0) is 32.8 Å². The minimum atomic E-state index is -0.234. The summed E-state index contributed by atoms with van der Waals surface area (Å²) in [5.41, 5.74) is 2.78. The maximum atomic E-state index is 11.3. The molecule has 2 N–H and O–H groups in total. The largest absolute Gasteiger partial charge is 0.508 e. The molecule has 2 rings (SSSR count). The number of phenolic OH excluding ortho intramolecular Hbond substituents is 2. The van der Waals surface area contributed by atoms with Crippen molar-refractivity contribution < 1.29 is 15.0 Å². The molecule has 0 fully saturated rings. The molecule has 1 aliphatic carbocycles.